The average molecular weight is 643 g/mol. The van der Waals surface area contributed by atoms with Crippen LogP contribution in [-0.2, 0) is 13.2 Å². The number of nitrogens with zero attached hydrogens (tertiary/aromatic N) is 2. The molecular weight excluding hydrogens is 610 g/mol. The number of furan rings is 1. The van der Waals surface area contributed by atoms with E-state index in [0.29, 0.717) is 36.2 Å². The number of hydrogen-bond donors (Lipinski definition) is 1. The van der Waals surface area contributed by atoms with Crippen molar-refractivity contribution in [3.63, 3.8) is 0 Å². The summed E-state index contributed by atoms with van der Waals surface area (Å²) >= 11 is 3.44. The summed E-state index contributed by atoms with van der Waals surface area (Å²) in [6.45, 7) is 7.14. The van der Waals surface area contributed by atoms with Crippen LogP contribution in [0.5, 0.6) is 17.2 Å². The lowest BCUT2D eigenvalue weighted by Gasteiger charge is -2.12. The van der Waals surface area contributed by atoms with Gasteiger partial charge < -0.3 is 23.2 Å². The quantitative estimate of drug-likeness (QED) is 0.111. The van der Waals surface area contributed by atoms with E-state index in [2.05, 4.69) is 57.0 Å². The number of halogens is 1. The molecule has 1 N–H and O–H groups in total. The highest BCUT2D eigenvalue weighted by Gasteiger charge is 2.12. The van der Waals surface area contributed by atoms with Crippen LogP contribution in [0.2, 0.25) is 0 Å². The molecule has 5 rings (SSSR count). The summed E-state index contributed by atoms with van der Waals surface area (Å²) in [6, 6.07) is 28.7. The topological polar surface area (TPSA) is 87.2 Å². The van der Waals surface area contributed by atoms with E-state index in [1.54, 1.807) is 12.1 Å². The highest BCUT2D eigenvalue weighted by atomic mass is 79.9. The molecule has 0 aliphatic rings. The number of amides is 1. The smallest absolute Gasteiger partial charge is 0.307 e. The molecule has 1 amide bonds. The van der Waals surface area contributed by atoms with Crippen LogP contribution in [0.4, 0.5) is 0 Å². The summed E-state index contributed by atoms with van der Waals surface area (Å²) in [5.41, 5.74) is 7.68. The Morgan fingerprint density at radius 3 is 2.33 bits per heavy atom. The van der Waals surface area contributed by atoms with Gasteiger partial charge in [-0.25, -0.2) is 5.43 Å². The van der Waals surface area contributed by atoms with Crippen LogP contribution in [0, 0.1) is 13.8 Å². The number of benzene rings is 3. The summed E-state index contributed by atoms with van der Waals surface area (Å²) in [7, 11) is 0. The van der Waals surface area contributed by atoms with Crippen molar-refractivity contribution in [3.8, 4) is 22.9 Å². The molecule has 220 valence electrons. The minimum Gasteiger partial charge on any atom is -0.490 e. The molecule has 3 aromatic carbocycles. The van der Waals surface area contributed by atoms with Crippen LogP contribution in [0.15, 0.2) is 105 Å². The highest BCUT2D eigenvalue weighted by molar-refractivity contribution is 9.10. The Morgan fingerprint density at radius 1 is 0.860 bits per heavy atom. The Balaban J connectivity index is 1.13. The normalized spacial score (nSPS) is 11.1. The van der Waals surface area contributed by atoms with Gasteiger partial charge in [-0.2, -0.15) is 5.10 Å². The molecule has 0 unspecified atom stereocenters. The van der Waals surface area contributed by atoms with Crippen LogP contribution >= 0.6 is 15.9 Å². The van der Waals surface area contributed by atoms with E-state index in [1.807, 2.05) is 73.7 Å². The fourth-order valence-electron chi connectivity index (χ4n) is 4.45. The minimum absolute atomic E-state index is 0.136. The average Bonchev–Trinajstić information content (AvgIpc) is 3.63. The van der Waals surface area contributed by atoms with Crippen molar-refractivity contribution < 1.29 is 23.4 Å². The van der Waals surface area contributed by atoms with E-state index >= 15 is 0 Å². The van der Waals surface area contributed by atoms with Crippen LogP contribution in [0.3, 0.4) is 0 Å². The summed E-state index contributed by atoms with van der Waals surface area (Å²) in [6.07, 6.45) is 1.53. The number of nitrogens with one attached hydrogen (secondary N) is 1. The Hall–Kier alpha value is -4.76. The molecule has 8 nitrogen and oxygen atoms in total. The van der Waals surface area contributed by atoms with Crippen molar-refractivity contribution in [2.45, 2.75) is 34.0 Å². The first-order valence-electron chi connectivity index (χ1n) is 13.8. The second-order valence-corrected chi connectivity index (χ2v) is 10.7. The summed E-state index contributed by atoms with van der Waals surface area (Å²) < 4.78 is 26.4. The van der Waals surface area contributed by atoms with Gasteiger partial charge in [0.05, 0.1) is 12.8 Å². The maximum absolute atomic E-state index is 12.6. The lowest BCUT2D eigenvalue weighted by atomic mass is 10.2. The zero-order valence-corrected chi connectivity index (χ0v) is 25.8. The van der Waals surface area contributed by atoms with Gasteiger partial charge in [0.2, 0.25) is 0 Å². The molecule has 0 atom stereocenters. The van der Waals surface area contributed by atoms with Crippen molar-refractivity contribution in [1.29, 1.82) is 0 Å². The lowest BCUT2D eigenvalue weighted by Crippen LogP contribution is -2.16. The molecule has 0 aliphatic heterocycles. The summed E-state index contributed by atoms with van der Waals surface area (Å²) in [4.78, 5) is 12.6. The molecule has 0 saturated carbocycles. The number of carbonyl (C=O) groups is 1. The van der Waals surface area contributed by atoms with Gasteiger partial charge in [0.15, 0.2) is 17.3 Å². The van der Waals surface area contributed by atoms with Gasteiger partial charge in [0.1, 0.15) is 24.7 Å². The van der Waals surface area contributed by atoms with Gasteiger partial charge in [-0.1, -0.05) is 28.1 Å². The third kappa shape index (κ3) is 7.75. The van der Waals surface area contributed by atoms with Crippen molar-refractivity contribution >= 4 is 28.1 Å². The van der Waals surface area contributed by atoms with E-state index < -0.39 is 5.91 Å². The van der Waals surface area contributed by atoms with Crippen LogP contribution in [-0.4, -0.2) is 23.3 Å². The number of aryl methyl sites for hydroxylation is 2. The van der Waals surface area contributed by atoms with E-state index in [9.17, 15) is 4.79 Å². The number of aromatic nitrogens is 1. The number of hydrogen-bond acceptors (Lipinski definition) is 6. The van der Waals surface area contributed by atoms with E-state index in [-0.39, 0.29) is 12.4 Å². The fraction of sp³-hybridized carbons (Fsp3) is 0.176. The number of rotatable bonds is 12. The predicted octanol–water partition coefficient (Wildman–Crippen LogP) is 7.77. The molecular formula is C34H32BrN3O5. The van der Waals surface area contributed by atoms with Crippen LogP contribution < -0.4 is 19.6 Å². The zero-order chi connectivity index (χ0) is 30.2. The molecule has 2 aromatic heterocycles. The molecule has 0 fully saturated rings. The van der Waals surface area contributed by atoms with Crippen LogP contribution in [0.1, 0.15) is 45.8 Å². The first kappa shape index (κ1) is 29.7. The second-order valence-electron chi connectivity index (χ2n) is 9.75. The Kier molecular flexibility index (Phi) is 9.63. The standard InChI is InChI=1S/C34H32BrN3O5/c1-4-40-33-19-26(9-17-31(33)42-21-25-7-10-27(35)11-8-25)20-36-37-34(39)32-18-16-30(43-32)22-41-29-14-12-28(13-15-29)38-23(2)5-6-24(38)3/h5-20H,4,21-22H2,1-3H3,(H,37,39)/b36-20+. The van der Waals surface area contributed by atoms with Crippen molar-refractivity contribution in [3.05, 3.63) is 130 Å². The highest BCUT2D eigenvalue weighted by Crippen LogP contribution is 2.29. The van der Waals surface area contributed by atoms with Gasteiger partial charge in [-0.15, -0.1) is 0 Å². The van der Waals surface area contributed by atoms with Gasteiger partial charge in [-0.3, -0.25) is 4.79 Å². The fourth-order valence-corrected chi connectivity index (χ4v) is 4.72. The third-order valence-corrected chi connectivity index (χ3v) is 7.12. The Labute approximate surface area is 259 Å². The molecule has 2 heterocycles. The third-order valence-electron chi connectivity index (χ3n) is 6.59. The molecule has 0 bridgehead atoms. The minimum atomic E-state index is -0.469. The van der Waals surface area contributed by atoms with Gasteiger partial charge in [0.25, 0.3) is 0 Å². The summed E-state index contributed by atoms with van der Waals surface area (Å²) in [5.74, 6) is 2.11. The number of ether oxygens (including phenoxy) is 3. The van der Waals surface area contributed by atoms with Crippen molar-refractivity contribution in [2.24, 2.45) is 5.10 Å². The van der Waals surface area contributed by atoms with Gasteiger partial charge in [0, 0.05) is 21.5 Å². The molecule has 5 aromatic rings. The van der Waals surface area contributed by atoms with E-state index in [0.717, 1.165) is 21.3 Å². The maximum atomic E-state index is 12.6. The first-order valence-corrected chi connectivity index (χ1v) is 14.6. The lowest BCUT2D eigenvalue weighted by molar-refractivity contribution is 0.0923. The van der Waals surface area contributed by atoms with E-state index in [1.165, 1.54) is 17.6 Å². The SMILES string of the molecule is CCOc1cc(/C=N/NC(=O)c2ccc(COc3ccc(-n4c(C)ccc4C)cc3)o2)ccc1OCc1ccc(Br)cc1. The largest absolute Gasteiger partial charge is 0.490 e. The molecule has 0 saturated heterocycles. The number of carbonyl (C=O) groups excluding carboxylic acids is 1. The zero-order valence-electron chi connectivity index (χ0n) is 24.2. The Morgan fingerprint density at radius 2 is 1.60 bits per heavy atom. The second kappa shape index (κ2) is 13.9. The van der Waals surface area contributed by atoms with Crippen LogP contribution in [0.25, 0.3) is 5.69 Å². The van der Waals surface area contributed by atoms with E-state index in [4.69, 9.17) is 18.6 Å². The van der Waals surface area contributed by atoms with Crippen molar-refractivity contribution in [1.82, 2.24) is 9.99 Å². The van der Waals surface area contributed by atoms with Gasteiger partial charge >= 0.3 is 5.91 Å². The Bertz CT molecular complexity index is 1690. The molecule has 0 spiro atoms. The first-order chi connectivity index (χ1) is 20.9. The molecule has 0 radical (unpaired) electrons. The maximum Gasteiger partial charge on any atom is 0.307 e. The predicted molar refractivity (Wildman–Crippen MR) is 169 cm³/mol. The monoisotopic (exact) mass is 641 g/mol. The molecule has 43 heavy (non-hydrogen) atoms. The summed E-state index contributed by atoms with van der Waals surface area (Å²) in [5, 5.41) is 4.08. The van der Waals surface area contributed by atoms with Crippen molar-refractivity contribution in [2.75, 3.05) is 6.61 Å². The van der Waals surface area contributed by atoms with Gasteiger partial charge in [-0.05, 0) is 111 Å². The molecule has 0 aliphatic carbocycles. The molecule has 9 heteroatoms. The number of hydrazone groups is 1.